The highest BCUT2D eigenvalue weighted by Crippen LogP contribution is 1.87. The highest BCUT2D eigenvalue weighted by atomic mass is 127. The van der Waals surface area contributed by atoms with E-state index in [1.807, 2.05) is 16.9 Å². The predicted molar refractivity (Wildman–Crippen MR) is 96.5 cm³/mol. The quantitative estimate of drug-likeness (QED) is 0.221. The summed E-state index contributed by atoms with van der Waals surface area (Å²) in [7, 11) is 3.27. The molecule has 0 spiro atoms. The van der Waals surface area contributed by atoms with Gasteiger partial charge in [0.15, 0.2) is 5.96 Å². The minimum atomic E-state index is -0.0912. The minimum Gasteiger partial charge on any atom is -0.383 e. The molecular weight excluding hydrogens is 399 g/mol. The molecule has 8 nitrogen and oxygen atoms in total. The molecule has 0 saturated carbocycles. The van der Waals surface area contributed by atoms with Crippen LogP contribution in [-0.2, 0) is 16.1 Å². The molecule has 0 aromatic carbocycles. The average molecular weight is 424 g/mol. The molecule has 9 heteroatoms. The summed E-state index contributed by atoms with van der Waals surface area (Å²) >= 11 is 0. The van der Waals surface area contributed by atoms with Crippen molar-refractivity contribution >= 4 is 35.8 Å². The molecule has 0 unspecified atom stereocenters. The van der Waals surface area contributed by atoms with Crippen LogP contribution in [0.1, 0.15) is 6.42 Å². The molecule has 1 amide bonds. The number of halogens is 1. The van der Waals surface area contributed by atoms with E-state index in [4.69, 9.17) is 4.74 Å². The third-order valence-electron chi connectivity index (χ3n) is 2.68. The van der Waals surface area contributed by atoms with E-state index in [2.05, 4.69) is 26.0 Å². The highest BCUT2D eigenvalue weighted by molar-refractivity contribution is 14.0. The Balaban J connectivity index is 0.00000441. The molecule has 126 valence electrons. The number of hydrogen-bond acceptors (Lipinski definition) is 4. The Kier molecular flexibility index (Phi) is 12.5. The van der Waals surface area contributed by atoms with Crippen LogP contribution >= 0.6 is 24.0 Å². The van der Waals surface area contributed by atoms with E-state index < -0.39 is 0 Å². The van der Waals surface area contributed by atoms with E-state index in [1.54, 1.807) is 20.4 Å². The van der Waals surface area contributed by atoms with Gasteiger partial charge in [-0.2, -0.15) is 5.10 Å². The van der Waals surface area contributed by atoms with Crippen LogP contribution in [0.4, 0.5) is 0 Å². The van der Waals surface area contributed by atoms with Gasteiger partial charge in [0.25, 0.3) is 0 Å². The Hall–Kier alpha value is -1.36. The summed E-state index contributed by atoms with van der Waals surface area (Å²) in [5, 5.41) is 13.0. The summed E-state index contributed by atoms with van der Waals surface area (Å²) in [6.45, 7) is 2.79. The lowest BCUT2D eigenvalue weighted by atomic mass is 10.4. The van der Waals surface area contributed by atoms with E-state index >= 15 is 0 Å². The van der Waals surface area contributed by atoms with E-state index in [-0.39, 0.29) is 36.4 Å². The molecule has 0 bridgehead atoms. The van der Waals surface area contributed by atoms with Crippen LogP contribution in [0.3, 0.4) is 0 Å². The number of carbonyl (C=O) groups is 1. The zero-order valence-electron chi connectivity index (χ0n) is 13.0. The van der Waals surface area contributed by atoms with Gasteiger partial charge in [0.05, 0.1) is 13.2 Å². The van der Waals surface area contributed by atoms with Crippen molar-refractivity contribution in [3.05, 3.63) is 18.5 Å². The van der Waals surface area contributed by atoms with Crippen molar-refractivity contribution in [1.29, 1.82) is 0 Å². The molecule has 3 N–H and O–H groups in total. The minimum absolute atomic E-state index is 0. The normalized spacial score (nSPS) is 10.7. The van der Waals surface area contributed by atoms with Crippen LogP contribution in [0.2, 0.25) is 0 Å². The van der Waals surface area contributed by atoms with Crippen molar-refractivity contribution in [1.82, 2.24) is 25.7 Å². The summed E-state index contributed by atoms with van der Waals surface area (Å²) < 4.78 is 6.73. The van der Waals surface area contributed by atoms with Crippen LogP contribution in [0.15, 0.2) is 23.5 Å². The van der Waals surface area contributed by atoms with Gasteiger partial charge >= 0.3 is 0 Å². The summed E-state index contributed by atoms with van der Waals surface area (Å²) in [4.78, 5) is 15.6. The number of carbonyl (C=O) groups excluding carboxylic acids is 1. The second kappa shape index (κ2) is 13.3. The average Bonchev–Trinajstić information content (AvgIpc) is 3.00. The maximum absolute atomic E-state index is 11.5. The number of aliphatic imine (C=N–C) groups is 1. The van der Waals surface area contributed by atoms with Gasteiger partial charge in [0.1, 0.15) is 0 Å². The molecule has 1 aromatic rings. The Morgan fingerprint density at radius 3 is 2.77 bits per heavy atom. The van der Waals surface area contributed by atoms with Crippen LogP contribution in [0.5, 0.6) is 0 Å². The predicted octanol–water partition coefficient (Wildman–Crippen LogP) is -0.181. The SMILES string of the molecule is CN=C(NCCCn1cccn1)NCC(=O)NCCOC.I. The van der Waals surface area contributed by atoms with Crippen molar-refractivity contribution in [2.75, 3.05) is 40.4 Å². The molecule has 0 aliphatic carbocycles. The molecule has 0 saturated heterocycles. The Morgan fingerprint density at radius 1 is 1.32 bits per heavy atom. The molecule has 0 aliphatic rings. The van der Waals surface area contributed by atoms with E-state index in [0.717, 1.165) is 19.5 Å². The molecule has 0 aliphatic heterocycles. The number of amides is 1. The highest BCUT2D eigenvalue weighted by Gasteiger charge is 2.02. The molecule has 1 rings (SSSR count). The van der Waals surface area contributed by atoms with Gasteiger partial charge in [-0.15, -0.1) is 24.0 Å². The Labute approximate surface area is 148 Å². The maximum Gasteiger partial charge on any atom is 0.239 e. The van der Waals surface area contributed by atoms with Gasteiger partial charge in [0, 0.05) is 46.2 Å². The standard InChI is InChI=1S/C13H24N6O2.HI/c1-14-13(17-11-12(20)15-7-10-21-2)16-5-3-8-19-9-4-6-18-19;/h4,6,9H,3,5,7-8,10-11H2,1-2H3,(H,15,20)(H2,14,16,17);1H. The third-order valence-corrected chi connectivity index (χ3v) is 2.68. The fraction of sp³-hybridized carbons (Fsp3) is 0.615. The number of methoxy groups -OCH3 is 1. The van der Waals surface area contributed by atoms with Gasteiger partial charge in [-0.25, -0.2) is 0 Å². The van der Waals surface area contributed by atoms with Gasteiger partial charge in [0.2, 0.25) is 5.91 Å². The Morgan fingerprint density at radius 2 is 2.14 bits per heavy atom. The van der Waals surface area contributed by atoms with Crippen molar-refractivity contribution in [3.63, 3.8) is 0 Å². The molecule has 0 fully saturated rings. The van der Waals surface area contributed by atoms with Crippen molar-refractivity contribution in [2.24, 2.45) is 4.99 Å². The lowest BCUT2D eigenvalue weighted by Gasteiger charge is -2.12. The number of nitrogens with one attached hydrogen (secondary N) is 3. The molecule has 1 heterocycles. The molecule has 0 atom stereocenters. The van der Waals surface area contributed by atoms with E-state index in [9.17, 15) is 4.79 Å². The van der Waals surface area contributed by atoms with Crippen LogP contribution in [0.25, 0.3) is 0 Å². The lowest BCUT2D eigenvalue weighted by Crippen LogP contribution is -2.44. The third kappa shape index (κ3) is 9.55. The van der Waals surface area contributed by atoms with E-state index in [1.165, 1.54) is 0 Å². The van der Waals surface area contributed by atoms with Crippen molar-refractivity contribution < 1.29 is 9.53 Å². The first-order chi connectivity index (χ1) is 10.3. The summed E-state index contributed by atoms with van der Waals surface area (Å²) in [5.41, 5.74) is 0. The lowest BCUT2D eigenvalue weighted by molar-refractivity contribution is -0.120. The van der Waals surface area contributed by atoms with Crippen LogP contribution < -0.4 is 16.0 Å². The summed E-state index contributed by atoms with van der Waals surface area (Å²) in [5.74, 6) is 0.517. The fourth-order valence-corrected chi connectivity index (χ4v) is 1.62. The fourth-order valence-electron chi connectivity index (χ4n) is 1.62. The number of ether oxygens (including phenoxy) is 1. The summed E-state index contributed by atoms with van der Waals surface area (Å²) in [6.07, 6.45) is 4.61. The van der Waals surface area contributed by atoms with Crippen LogP contribution in [-0.4, -0.2) is 62.0 Å². The smallest absolute Gasteiger partial charge is 0.239 e. The zero-order valence-corrected chi connectivity index (χ0v) is 15.4. The number of nitrogens with zero attached hydrogens (tertiary/aromatic N) is 3. The van der Waals surface area contributed by atoms with E-state index in [0.29, 0.717) is 19.1 Å². The van der Waals surface area contributed by atoms with Crippen molar-refractivity contribution in [3.8, 4) is 0 Å². The number of hydrogen-bond donors (Lipinski definition) is 3. The second-order valence-corrected chi connectivity index (χ2v) is 4.32. The van der Waals surface area contributed by atoms with Crippen molar-refractivity contribution in [2.45, 2.75) is 13.0 Å². The molecule has 22 heavy (non-hydrogen) atoms. The van der Waals surface area contributed by atoms with Gasteiger partial charge < -0.3 is 20.7 Å². The van der Waals surface area contributed by atoms with Gasteiger partial charge in [-0.1, -0.05) is 0 Å². The number of rotatable bonds is 9. The van der Waals surface area contributed by atoms with Gasteiger partial charge in [-0.05, 0) is 12.5 Å². The number of aryl methyl sites for hydroxylation is 1. The first-order valence-corrected chi connectivity index (χ1v) is 6.94. The maximum atomic E-state index is 11.5. The molecular formula is C13H25IN6O2. The summed E-state index contributed by atoms with van der Waals surface area (Å²) in [6, 6.07) is 1.90. The number of guanidine groups is 1. The van der Waals surface area contributed by atoms with Crippen LogP contribution in [0, 0.1) is 0 Å². The first kappa shape index (κ1) is 20.6. The molecule has 1 aromatic heterocycles. The number of aromatic nitrogens is 2. The second-order valence-electron chi connectivity index (χ2n) is 4.32. The largest absolute Gasteiger partial charge is 0.383 e. The van der Waals surface area contributed by atoms with Gasteiger partial charge in [-0.3, -0.25) is 14.5 Å². The molecule has 0 radical (unpaired) electrons. The monoisotopic (exact) mass is 424 g/mol. The topological polar surface area (TPSA) is 92.6 Å². The first-order valence-electron chi connectivity index (χ1n) is 6.94. The Bertz CT molecular complexity index is 424. The zero-order chi connectivity index (χ0) is 15.3.